The van der Waals surface area contributed by atoms with Crippen molar-refractivity contribution in [2.24, 2.45) is 0 Å². The van der Waals surface area contributed by atoms with E-state index < -0.39 is 11.7 Å². The summed E-state index contributed by atoms with van der Waals surface area (Å²) in [4.78, 5) is 12.6. The fraction of sp³-hybridized carbons (Fsp3) is 0.176. The maximum Gasteiger partial charge on any atom is 0.255 e. The van der Waals surface area contributed by atoms with Gasteiger partial charge in [0.25, 0.3) is 5.91 Å². The Morgan fingerprint density at radius 2 is 1.85 bits per heavy atom. The molecule has 10 heteroatoms. The summed E-state index contributed by atoms with van der Waals surface area (Å²) in [6, 6.07) is 7.26. The fourth-order valence-corrected chi connectivity index (χ4v) is 2.96. The summed E-state index contributed by atoms with van der Waals surface area (Å²) in [5.41, 5.74) is 0.824. The first-order chi connectivity index (χ1) is 12.9. The molecule has 0 unspecified atom stereocenters. The molecule has 0 fully saturated rings. The summed E-state index contributed by atoms with van der Waals surface area (Å²) in [5, 5.41) is 13.7. The molecule has 1 N–H and O–H groups in total. The molecule has 2 aromatic carbocycles. The van der Waals surface area contributed by atoms with Crippen molar-refractivity contribution < 1.29 is 18.7 Å². The van der Waals surface area contributed by atoms with Crippen LogP contribution in [0.25, 0.3) is 5.69 Å². The van der Waals surface area contributed by atoms with Gasteiger partial charge in [0.2, 0.25) is 0 Å². The first-order valence-electron chi connectivity index (χ1n) is 7.72. The van der Waals surface area contributed by atoms with Crippen molar-refractivity contribution in [3.63, 3.8) is 0 Å². The number of methoxy groups -OCH3 is 2. The number of amides is 1. The molecule has 0 spiro atoms. The zero-order valence-corrected chi connectivity index (χ0v) is 16.2. The number of nitrogens with zero attached hydrogens (tertiary/aromatic N) is 4. The number of aryl methyl sites for hydroxylation is 1. The Morgan fingerprint density at radius 1 is 1.19 bits per heavy atom. The van der Waals surface area contributed by atoms with Crippen LogP contribution in [0, 0.1) is 12.7 Å². The Labute approximate surface area is 162 Å². The minimum atomic E-state index is -0.518. The Balaban J connectivity index is 1.92. The topological polar surface area (TPSA) is 91.2 Å². The molecule has 8 nitrogen and oxygen atoms in total. The van der Waals surface area contributed by atoms with Crippen molar-refractivity contribution in [2.75, 3.05) is 19.5 Å². The highest BCUT2D eigenvalue weighted by atomic mass is 79.9. The quantitative estimate of drug-likeness (QED) is 0.661. The SMILES string of the molecule is COc1cc(C(=O)Nc2ccc(F)c(-n3nnnc3C)c2)cc(OC)c1Br. The average molecular weight is 436 g/mol. The van der Waals surface area contributed by atoms with E-state index in [9.17, 15) is 9.18 Å². The lowest BCUT2D eigenvalue weighted by Crippen LogP contribution is -2.13. The van der Waals surface area contributed by atoms with E-state index in [1.54, 1.807) is 19.1 Å². The van der Waals surface area contributed by atoms with Gasteiger partial charge in [-0.15, -0.1) is 5.10 Å². The third kappa shape index (κ3) is 3.75. The molecule has 0 aliphatic carbocycles. The molecular formula is C17H15BrFN5O3. The van der Waals surface area contributed by atoms with Gasteiger partial charge < -0.3 is 14.8 Å². The fourth-order valence-electron chi connectivity index (χ4n) is 2.41. The van der Waals surface area contributed by atoms with Crippen LogP contribution in [0.1, 0.15) is 16.2 Å². The largest absolute Gasteiger partial charge is 0.495 e. The number of nitrogens with one attached hydrogen (secondary N) is 1. The van der Waals surface area contributed by atoms with Gasteiger partial charge >= 0.3 is 0 Å². The Kier molecular flexibility index (Phi) is 5.36. The van der Waals surface area contributed by atoms with E-state index in [0.29, 0.717) is 33.0 Å². The van der Waals surface area contributed by atoms with Gasteiger partial charge in [-0.25, -0.2) is 4.39 Å². The van der Waals surface area contributed by atoms with Crippen LogP contribution in [0.2, 0.25) is 0 Å². The molecule has 0 aliphatic heterocycles. The zero-order chi connectivity index (χ0) is 19.6. The third-order valence-corrected chi connectivity index (χ3v) is 4.55. The summed E-state index contributed by atoms with van der Waals surface area (Å²) in [6.45, 7) is 1.64. The third-order valence-electron chi connectivity index (χ3n) is 3.77. The molecule has 3 aromatic rings. The molecule has 0 saturated heterocycles. The second-order valence-corrected chi connectivity index (χ2v) is 6.25. The van der Waals surface area contributed by atoms with Crippen LogP contribution < -0.4 is 14.8 Å². The van der Waals surface area contributed by atoms with Crippen LogP contribution in [0.5, 0.6) is 11.5 Å². The molecule has 1 heterocycles. The number of hydrogen-bond acceptors (Lipinski definition) is 6. The van der Waals surface area contributed by atoms with Crippen LogP contribution in [0.15, 0.2) is 34.8 Å². The Morgan fingerprint density at radius 3 is 2.41 bits per heavy atom. The number of halogens is 2. The van der Waals surface area contributed by atoms with Crippen LogP contribution in [-0.2, 0) is 0 Å². The number of carbonyl (C=O) groups is 1. The van der Waals surface area contributed by atoms with E-state index in [-0.39, 0.29) is 5.69 Å². The summed E-state index contributed by atoms with van der Waals surface area (Å²) >= 11 is 3.35. The number of ether oxygens (including phenoxy) is 2. The predicted octanol–water partition coefficient (Wildman–Crippen LogP) is 3.14. The summed E-state index contributed by atoms with van der Waals surface area (Å²) in [7, 11) is 2.98. The maximum absolute atomic E-state index is 14.1. The van der Waals surface area contributed by atoms with Crippen LogP contribution >= 0.6 is 15.9 Å². The van der Waals surface area contributed by atoms with Crippen molar-refractivity contribution in [1.29, 1.82) is 0 Å². The second kappa shape index (κ2) is 7.70. The maximum atomic E-state index is 14.1. The Hall–Kier alpha value is -3.01. The Bertz CT molecular complexity index is 983. The van der Waals surface area contributed by atoms with E-state index >= 15 is 0 Å². The molecule has 0 bridgehead atoms. The molecule has 27 heavy (non-hydrogen) atoms. The molecule has 1 amide bonds. The van der Waals surface area contributed by atoms with Crippen molar-refractivity contribution >= 4 is 27.5 Å². The summed E-state index contributed by atoms with van der Waals surface area (Å²) in [6.07, 6.45) is 0. The summed E-state index contributed by atoms with van der Waals surface area (Å²) in [5.74, 6) is 0.382. The van der Waals surface area contributed by atoms with Gasteiger partial charge in [0.05, 0.1) is 14.2 Å². The lowest BCUT2D eigenvalue weighted by Gasteiger charge is -2.12. The zero-order valence-electron chi connectivity index (χ0n) is 14.7. The van der Waals surface area contributed by atoms with E-state index in [1.165, 1.54) is 37.1 Å². The van der Waals surface area contributed by atoms with Crippen LogP contribution in [-0.4, -0.2) is 40.3 Å². The normalized spacial score (nSPS) is 10.6. The molecule has 0 atom stereocenters. The molecule has 140 valence electrons. The minimum Gasteiger partial charge on any atom is -0.495 e. The lowest BCUT2D eigenvalue weighted by molar-refractivity contribution is 0.102. The van der Waals surface area contributed by atoms with E-state index in [4.69, 9.17) is 9.47 Å². The first-order valence-corrected chi connectivity index (χ1v) is 8.51. The molecule has 1 aromatic heterocycles. The molecule has 3 rings (SSSR count). The van der Waals surface area contributed by atoms with E-state index in [2.05, 4.69) is 36.8 Å². The number of aromatic nitrogens is 4. The van der Waals surface area contributed by atoms with Gasteiger partial charge in [-0.3, -0.25) is 4.79 Å². The lowest BCUT2D eigenvalue weighted by atomic mass is 10.1. The molecule has 0 radical (unpaired) electrons. The van der Waals surface area contributed by atoms with Gasteiger partial charge in [-0.05, 0) is 63.6 Å². The van der Waals surface area contributed by atoms with Gasteiger partial charge in [0.1, 0.15) is 27.5 Å². The predicted molar refractivity (Wildman–Crippen MR) is 99.0 cm³/mol. The molecule has 0 aliphatic rings. The second-order valence-electron chi connectivity index (χ2n) is 5.45. The average Bonchev–Trinajstić information content (AvgIpc) is 3.09. The standard InChI is InChI=1S/C17H15BrFN5O3/c1-9-21-22-23-24(9)13-8-11(4-5-12(13)19)20-17(25)10-6-14(26-2)16(18)15(7-10)27-3/h4-8H,1-3H3,(H,20,25). The number of anilines is 1. The number of tetrazole rings is 1. The number of benzene rings is 2. The number of rotatable bonds is 5. The highest BCUT2D eigenvalue weighted by molar-refractivity contribution is 9.10. The summed E-state index contributed by atoms with van der Waals surface area (Å²) < 4.78 is 26.5. The number of carbonyl (C=O) groups excluding carboxylic acids is 1. The van der Waals surface area contributed by atoms with Crippen LogP contribution in [0.3, 0.4) is 0 Å². The van der Waals surface area contributed by atoms with E-state index in [1.807, 2.05) is 0 Å². The van der Waals surface area contributed by atoms with Gasteiger partial charge in [0.15, 0.2) is 5.82 Å². The highest BCUT2D eigenvalue weighted by Gasteiger charge is 2.16. The minimum absolute atomic E-state index is 0.126. The number of hydrogen-bond donors (Lipinski definition) is 1. The first kappa shape index (κ1) is 18.8. The van der Waals surface area contributed by atoms with Crippen molar-refractivity contribution in [1.82, 2.24) is 20.2 Å². The van der Waals surface area contributed by atoms with Crippen molar-refractivity contribution in [2.45, 2.75) is 6.92 Å². The van der Waals surface area contributed by atoms with Crippen LogP contribution in [0.4, 0.5) is 10.1 Å². The monoisotopic (exact) mass is 435 g/mol. The van der Waals surface area contributed by atoms with Gasteiger partial charge in [-0.1, -0.05) is 0 Å². The van der Waals surface area contributed by atoms with Crippen molar-refractivity contribution in [3.05, 3.63) is 52.0 Å². The van der Waals surface area contributed by atoms with Gasteiger partial charge in [0, 0.05) is 11.3 Å². The van der Waals surface area contributed by atoms with Gasteiger partial charge in [-0.2, -0.15) is 4.68 Å². The molecule has 0 saturated carbocycles. The molecular weight excluding hydrogens is 421 g/mol. The van der Waals surface area contributed by atoms with Crippen molar-refractivity contribution in [3.8, 4) is 17.2 Å². The highest BCUT2D eigenvalue weighted by Crippen LogP contribution is 2.35. The van der Waals surface area contributed by atoms with E-state index in [0.717, 1.165) is 0 Å². The smallest absolute Gasteiger partial charge is 0.255 e.